The van der Waals surface area contributed by atoms with E-state index in [0.29, 0.717) is 6.42 Å². The first-order chi connectivity index (χ1) is 4.33. The maximum atomic E-state index is 10.5. The van der Waals surface area contributed by atoms with E-state index in [1.165, 1.54) is 5.06 Å². The molecule has 0 aromatic rings. The van der Waals surface area contributed by atoms with Crippen molar-refractivity contribution in [1.82, 2.24) is 5.06 Å². The van der Waals surface area contributed by atoms with Crippen LogP contribution >= 0.6 is 0 Å². The number of hydrogen-bond donors (Lipinski definition) is 0. The van der Waals surface area contributed by atoms with Crippen LogP contribution in [-0.2, 0) is 9.63 Å². The van der Waals surface area contributed by atoms with Crippen molar-refractivity contribution in [2.75, 3.05) is 6.54 Å². The van der Waals surface area contributed by atoms with Crippen LogP contribution in [0.4, 0.5) is 0 Å². The lowest BCUT2D eigenvalue weighted by Crippen LogP contribution is -2.27. The molecule has 0 amide bonds. The lowest BCUT2D eigenvalue weighted by molar-refractivity contribution is -0.179. The lowest BCUT2D eigenvalue weighted by atomic mass is 10.4. The van der Waals surface area contributed by atoms with Gasteiger partial charge < -0.3 is 4.84 Å². The van der Waals surface area contributed by atoms with Gasteiger partial charge in [0.15, 0.2) is 0 Å². The van der Waals surface area contributed by atoms with Gasteiger partial charge in [-0.15, -0.1) is 0 Å². The summed E-state index contributed by atoms with van der Waals surface area (Å²) in [5.41, 5.74) is 0. The minimum Gasteiger partial charge on any atom is -0.341 e. The van der Waals surface area contributed by atoms with Gasteiger partial charge in [-0.1, -0.05) is 6.92 Å². The molecule has 0 saturated heterocycles. The smallest absolute Gasteiger partial charge is 0.332 e. The lowest BCUT2D eigenvalue weighted by Gasteiger charge is -2.22. The van der Waals surface area contributed by atoms with Gasteiger partial charge in [0.05, 0.1) is 6.54 Å². The van der Waals surface area contributed by atoms with Crippen molar-refractivity contribution in [2.24, 2.45) is 0 Å². The third kappa shape index (κ3) is 1.45. The summed E-state index contributed by atoms with van der Waals surface area (Å²) in [5, 5.41) is 1.51. The number of carbonyl (C=O) groups excluding carboxylic acids is 1. The highest BCUT2D eigenvalue weighted by atomic mass is 16.7. The first-order valence-corrected chi connectivity index (χ1v) is 2.97. The van der Waals surface area contributed by atoms with Crippen molar-refractivity contribution in [1.29, 1.82) is 0 Å². The van der Waals surface area contributed by atoms with E-state index in [-0.39, 0.29) is 5.97 Å². The highest BCUT2D eigenvalue weighted by Crippen LogP contribution is 2.02. The molecule has 0 spiro atoms. The Morgan fingerprint density at radius 3 is 2.89 bits per heavy atom. The molecule has 0 bridgehead atoms. The summed E-state index contributed by atoms with van der Waals surface area (Å²) in [4.78, 5) is 15.3. The van der Waals surface area contributed by atoms with Crippen LogP contribution in [0.3, 0.4) is 0 Å². The average Bonchev–Trinajstić information content (AvgIpc) is 1.78. The minimum atomic E-state index is -0.181. The number of rotatable bonds is 2. The van der Waals surface area contributed by atoms with Gasteiger partial charge in [-0.05, 0) is 6.08 Å². The van der Waals surface area contributed by atoms with Crippen LogP contribution in [0, 0.1) is 0 Å². The molecule has 1 rings (SSSR count). The molecule has 0 fully saturated rings. The maximum absolute atomic E-state index is 10.5. The summed E-state index contributed by atoms with van der Waals surface area (Å²) >= 11 is 0. The zero-order valence-corrected chi connectivity index (χ0v) is 5.33. The van der Waals surface area contributed by atoms with Crippen LogP contribution in [0.1, 0.15) is 13.3 Å². The highest BCUT2D eigenvalue weighted by Gasteiger charge is 2.08. The van der Waals surface area contributed by atoms with E-state index in [4.69, 9.17) is 4.84 Å². The molecule has 0 radical (unpaired) electrons. The van der Waals surface area contributed by atoms with Crippen molar-refractivity contribution in [3.05, 3.63) is 12.3 Å². The van der Waals surface area contributed by atoms with Crippen LogP contribution in [0.25, 0.3) is 0 Å². The molecule has 0 N–H and O–H groups in total. The second-order valence-electron chi connectivity index (χ2n) is 1.80. The topological polar surface area (TPSA) is 29.5 Å². The van der Waals surface area contributed by atoms with Crippen LogP contribution in [0.2, 0.25) is 0 Å². The van der Waals surface area contributed by atoms with E-state index in [1.54, 1.807) is 13.1 Å². The first-order valence-electron chi connectivity index (χ1n) is 2.97. The van der Waals surface area contributed by atoms with Crippen molar-refractivity contribution in [3.8, 4) is 0 Å². The maximum Gasteiger partial charge on any atom is 0.332 e. The second-order valence-corrected chi connectivity index (χ2v) is 1.80. The molecule has 1 aliphatic rings. The fourth-order valence-corrected chi connectivity index (χ4v) is 0.455. The van der Waals surface area contributed by atoms with Crippen LogP contribution in [0.15, 0.2) is 12.3 Å². The number of hydrogen-bond acceptors (Lipinski definition) is 3. The summed E-state index contributed by atoms with van der Waals surface area (Å²) in [6.45, 7) is 2.50. The quantitative estimate of drug-likeness (QED) is 0.546. The van der Waals surface area contributed by atoms with E-state index in [0.717, 1.165) is 6.54 Å². The second kappa shape index (κ2) is 2.53. The Morgan fingerprint density at radius 1 is 1.89 bits per heavy atom. The Labute approximate surface area is 53.9 Å². The van der Waals surface area contributed by atoms with Crippen LogP contribution < -0.4 is 0 Å². The van der Waals surface area contributed by atoms with Crippen LogP contribution in [0.5, 0.6) is 0 Å². The summed E-state index contributed by atoms with van der Waals surface area (Å²) in [6, 6.07) is 0. The standard InChI is InChI=1S/C6H9NO2/c1-2-6(8)9-7-4-3-5-7/h3-4H,2,5H2,1H3. The van der Waals surface area contributed by atoms with Gasteiger partial charge in [0.25, 0.3) is 0 Å². The zero-order valence-electron chi connectivity index (χ0n) is 5.33. The van der Waals surface area contributed by atoms with Gasteiger partial charge in [-0.3, -0.25) is 0 Å². The zero-order chi connectivity index (χ0) is 6.69. The van der Waals surface area contributed by atoms with E-state index in [1.807, 2.05) is 6.08 Å². The third-order valence-corrected chi connectivity index (χ3v) is 1.06. The summed E-state index contributed by atoms with van der Waals surface area (Å²) in [6.07, 6.45) is 4.08. The Balaban J connectivity index is 2.17. The Kier molecular flexibility index (Phi) is 1.72. The van der Waals surface area contributed by atoms with Crippen LogP contribution in [-0.4, -0.2) is 17.6 Å². The summed E-state index contributed by atoms with van der Waals surface area (Å²) in [7, 11) is 0. The fraction of sp³-hybridized carbons (Fsp3) is 0.500. The summed E-state index contributed by atoms with van der Waals surface area (Å²) in [5.74, 6) is -0.181. The first kappa shape index (κ1) is 6.13. The Bertz CT molecular complexity index is 142. The van der Waals surface area contributed by atoms with Gasteiger partial charge in [0.2, 0.25) is 0 Å². The van der Waals surface area contributed by atoms with Gasteiger partial charge in [0.1, 0.15) is 0 Å². The molecule has 1 aliphatic heterocycles. The SMILES string of the molecule is CCC(=O)ON1C=CC1. The monoisotopic (exact) mass is 127 g/mol. The molecule has 0 unspecified atom stereocenters. The minimum absolute atomic E-state index is 0.181. The predicted molar refractivity (Wildman–Crippen MR) is 32.2 cm³/mol. The fourth-order valence-electron chi connectivity index (χ4n) is 0.455. The molecule has 0 atom stereocenters. The molecule has 50 valence electrons. The van der Waals surface area contributed by atoms with E-state index in [2.05, 4.69) is 0 Å². The molecule has 1 heterocycles. The molecule has 0 aromatic heterocycles. The molecule has 3 nitrogen and oxygen atoms in total. The number of nitrogens with zero attached hydrogens (tertiary/aromatic N) is 1. The predicted octanol–water partition coefficient (Wildman–Crippen LogP) is 0.684. The Morgan fingerprint density at radius 2 is 2.56 bits per heavy atom. The van der Waals surface area contributed by atoms with Gasteiger partial charge in [0, 0.05) is 12.6 Å². The summed E-state index contributed by atoms with van der Waals surface area (Å²) < 4.78 is 0. The van der Waals surface area contributed by atoms with E-state index >= 15 is 0 Å². The van der Waals surface area contributed by atoms with E-state index in [9.17, 15) is 4.79 Å². The van der Waals surface area contributed by atoms with Crippen molar-refractivity contribution < 1.29 is 9.63 Å². The molecule has 0 saturated carbocycles. The highest BCUT2D eigenvalue weighted by molar-refractivity contribution is 5.68. The Hall–Kier alpha value is -0.990. The number of carbonyl (C=O) groups is 1. The van der Waals surface area contributed by atoms with E-state index < -0.39 is 0 Å². The molecule has 0 aromatic carbocycles. The van der Waals surface area contributed by atoms with Crippen molar-refractivity contribution in [3.63, 3.8) is 0 Å². The molecular weight excluding hydrogens is 118 g/mol. The average molecular weight is 127 g/mol. The van der Waals surface area contributed by atoms with Gasteiger partial charge >= 0.3 is 5.97 Å². The number of hydroxylamine groups is 2. The van der Waals surface area contributed by atoms with Gasteiger partial charge in [-0.2, -0.15) is 0 Å². The normalized spacial score (nSPS) is 15.0. The largest absolute Gasteiger partial charge is 0.341 e. The molecule has 3 heteroatoms. The van der Waals surface area contributed by atoms with Crippen molar-refractivity contribution in [2.45, 2.75) is 13.3 Å². The van der Waals surface area contributed by atoms with Crippen molar-refractivity contribution >= 4 is 5.97 Å². The molecule has 0 aliphatic carbocycles. The molecular formula is C6H9NO2. The molecule has 9 heavy (non-hydrogen) atoms. The van der Waals surface area contributed by atoms with Gasteiger partial charge in [-0.25, -0.2) is 9.86 Å². The third-order valence-electron chi connectivity index (χ3n) is 1.06.